The van der Waals surface area contributed by atoms with Gasteiger partial charge in [0, 0.05) is 10.1 Å². The molecule has 114 valence electrons. The maximum Gasteiger partial charge on any atom is 0.313 e. The topological polar surface area (TPSA) is 64.3 Å². The summed E-state index contributed by atoms with van der Waals surface area (Å²) >= 11 is 3.48. The van der Waals surface area contributed by atoms with Crippen LogP contribution in [-0.4, -0.2) is 39.1 Å². The molecule has 0 saturated heterocycles. The number of carboxylic acid groups (broad SMARTS) is 1. The Morgan fingerprint density at radius 1 is 1.52 bits per heavy atom. The summed E-state index contributed by atoms with van der Waals surface area (Å²) in [5.74, 6) is -0.836. The van der Waals surface area contributed by atoms with Crippen LogP contribution >= 0.6 is 34.4 Å². The van der Waals surface area contributed by atoms with E-state index < -0.39 is 5.97 Å². The Balaban J connectivity index is 2.27. The quantitative estimate of drug-likeness (QED) is 0.551. The molecule has 0 spiro atoms. The summed E-state index contributed by atoms with van der Waals surface area (Å²) in [5.41, 5.74) is 1.90. The number of imidazole rings is 1. The van der Waals surface area contributed by atoms with Crippen molar-refractivity contribution in [1.82, 2.24) is 9.55 Å². The van der Waals surface area contributed by atoms with Gasteiger partial charge < -0.3 is 14.4 Å². The number of fused-ring (bicyclic) bond motifs is 1. The minimum absolute atomic E-state index is 0.00541. The number of hydrogen-bond acceptors (Lipinski definition) is 4. The van der Waals surface area contributed by atoms with Gasteiger partial charge in [-0.2, -0.15) is 0 Å². The van der Waals surface area contributed by atoms with Gasteiger partial charge in [0.2, 0.25) is 0 Å². The van der Waals surface area contributed by atoms with Gasteiger partial charge in [0.15, 0.2) is 5.16 Å². The summed E-state index contributed by atoms with van der Waals surface area (Å²) in [6, 6.07) is 6.04. The monoisotopic (exact) mass is 420 g/mol. The lowest BCUT2D eigenvalue weighted by Crippen LogP contribution is -2.11. The van der Waals surface area contributed by atoms with E-state index in [9.17, 15) is 4.79 Å². The molecule has 1 N–H and O–H groups in total. The molecule has 5 nitrogen and oxygen atoms in total. The highest BCUT2D eigenvalue weighted by molar-refractivity contribution is 14.1. The Hall–Kier alpha value is -0.800. The molecule has 0 bridgehead atoms. The molecule has 0 saturated carbocycles. The van der Waals surface area contributed by atoms with Crippen molar-refractivity contribution in [2.24, 2.45) is 0 Å². The Labute approximate surface area is 141 Å². The first kappa shape index (κ1) is 16.6. The summed E-state index contributed by atoms with van der Waals surface area (Å²) in [6.45, 7) is 5.23. The van der Waals surface area contributed by atoms with Gasteiger partial charge in [-0.3, -0.25) is 4.79 Å². The largest absolute Gasteiger partial charge is 0.481 e. The molecular weight excluding hydrogens is 403 g/mol. The lowest BCUT2D eigenvalue weighted by Gasteiger charge is -2.11. The lowest BCUT2D eigenvalue weighted by atomic mass is 10.3. The number of aliphatic carboxylic acids is 1. The van der Waals surface area contributed by atoms with Gasteiger partial charge in [0.1, 0.15) is 0 Å². The number of halogens is 1. The third-order valence-electron chi connectivity index (χ3n) is 2.77. The number of rotatable bonds is 7. The van der Waals surface area contributed by atoms with E-state index in [1.807, 2.05) is 36.6 Å². The van der Waals surface area contributed by atoms with Crippen molar-refractivity contribution in [1.29, 1.82) is 0 Å². The zero-order valence-corrected chi connectivity index (χ0v) is 14.8. The number of ether oxygens (including phenoxy) is 1. The van der Waals surface area contributed by atoms with Gasteiger partial charge in [-0.15, -0.1) is 0 Å². The van der Waals surface area contributed by atoms with Crippen molar-refractivity contribution >= 4 is 51.4 Å². The van der Waals surface area contributed by atoms with E-state index in [-0.39, 0.29) is 11.9 Å². The Kier molecular flexibility index (Phi) is 5.88. The highest BCUT2D eigenvalue weighted by atomic mass is 127. The van der Waals surface area contributed by atoms with Crippen molar-refractivity contribution in [3.05, 3.63) is 21.8 Å². The Morgan fingerprint density at radius 3 is 2.95 bits per heavy atom. The SMILES string of the molecule is CC(C)OCCn1c(SCC(=O)O)nc2cc(I)ccc21. The van der Waals surface area contributed by atoms with Gasteiger partial charge in [-0.25, -0.2) is 4.98 Å². The molecule has 21 heavy (non-hydrogen) atoms. The first-order valence-electron chi connectivity index (χ1n) is 6.59. The van der Waals surface area contributed by atoms with Gasteiger partial charge in [0.05, 0.1) is 29.5 Å². The normalized spacial score (nSPS) is 11.4. The molecule has 1 aromatic heterocycles. The summed E-state index contributed by atoms with van der Waals surface area (Å²) in [4.78, 5) is 15.3. The van der Waals surface area contributed by atoms with Crippen LogP contribution < -0.4 is 0 Å². The van der Waals surface area contributed by atoms with Crippen molar-refractivity contribution in [2.45, 2.75) is 31.7 Å². The summed E-state index contributed by atoms with van der Waals surface area (Å²) < 4.78 is 8.73. The van der Waals surface area contributed by atoms with Gasteiger partial charge in [-0.1, -0.05) is 11.8 Å². The van der Waals surface area contributed by atoms with E-state index in [2.05, 4.69) is 27.6 Å². The van der Waals surface area contributed by atoms with Crippen LogP contribution in [0.25, 0.3) is 11.0 Å². The minimum Gasteiger partial charge on any atom is -0.481 e. The fraction of sp³-hybridized carbons (Fsp3) is 0.429. The number of carboxylic acids is 1. The van der Waals surface area contributed by atoms with E-state index in [1.165, 1.54) is 11.8 Å². The van der Waals surface area contributed by atoms with Crippen LogP contribution in [-0.2, 0) is 16.1 Å². The lowest BCUT2D eigenvalue weighted by molar-refractivity contribution is -0.133. The molecule has 0 aliphatic carbocycles. The molecule has 1 aromatic carbocycles. The van der Waals surface area contributed by atoms with Crippen LogP contribution in [0.1, 0.15) is 13.8 Å². The summed E-state index contributed by atoms with van der Waals surface area (Å²) in [7, 11) is 0. The zero-order valence-electron chi connectivity index (χ0n) is 11.9. The van der Waals surface area contributed by atoms with Crippen LogP contribution in [0, 0.1) is 3.57 Å². The smallest absolute Gasteiger partial charge is 0.313 e. The molecule has 0 amide bonds. The number of aromatic nitrogens is 2. The molecule has 0 atom stereocenters. The Morgan fingerprint density at radius 2 is 2.29 bits per heavy atom. The third-order valence-corrected chi connectivity index (χ3v) is 4.40. The van der Waals surface area contributed by atoms with Crippen molar-refractivity contribution in [3.8, 4) is 0 Å². The van der Waals surface area contributed by atoms with E-state index in [0.29, 0.717) is 13.2 Å². The fourth-order valence-electron chi connectivity index (χ4n) is 1.91. The van der Waals surface area contributed by atoms with Crippen LogP contribution in [0.2, 0.25) is 0 Å². The van der Waals surface area contributed by atoms with Crippen molar-refractivity contribution in [2.75, 3.05) is 12.4 Å². The predicted molar refractivity (Wildman–Crippen MR) is 91.9 cm³/mol. The summed E-state index contributed by atoms with van der Waals surface area (Å²) in [6.07, 6.45) is 0.177. The molecular formula is C14H17IN2O3S. The number of thioether (sulfide) groups is 1. The third kappa shape index (κ3) is 4.58. The van der Waals surface area contributed by atoms with Crippen LogP contribution in [0.15, 0.2) is 23.4 Å². The second-order valence-electron chi connectivity index (χ2n) is 4.78. The molecule has 7 heteroatoms. The maximum atomic E-state index is 10.8. The molecule has 0 fully saturated rings. The van der Waals surface area contributed by atoms with E-state index in [0.717, 1.165) is 19.8 Å². The molecule has 2 rings (SSSR count). The van der Waals surface area contributed by atoms with Gasteiger partial charge >= 0.3 is 5.97 Å². The molecule has 0 aliphatic heterocycles. The molecule has 0 aliphatic rings. The van der Waals surface area contributed by atoms with Crippen molar-refractivity contribution < 1.29 is 14.6 Å². The first-order chi connectivity index (χ1) is 9.97. The molecule has 0 radical (unpaired) electrons. The van der Waals surface area contributed by atoms with Gasteiger partial charge in [0.25, 0.3) is 0 Å². The standard InChI is InChI=1S/C14H17IN2O3S/c1-9(2)20-6-5-17-12-4-3-10(15)7-11(12)16-14(17)21-8-13(18)19/h3-4,7,9H,5-6,8H2,1-2H3,(H,18,19). The summed E-state index contributed by atoms with van der Waals surface area (Å²) in [5, 5.41) is 9.57. The highest BCUT2D eigenvalue weighted by Crippen LogP contribution is 2.25. The van der Waals surface area contributed by atoms with Crippen molar-refractivity contribution in [3.63, 3.8) is 0 Å². The molecule has 2 aromatic rings. The number of nitrogens with zero attached hydrogens (tertiary/aromatic N) is 2. The van der Waals surface area contributed by atoms with E-state index in [1.54, 1.807) is 0 Å². The minimum atomic E-state index is -0.841. The van der Waals surface area contributed by atoms with Crippen LogP contribution in [0.4, 0.5) is 0 Å². The number of benzene rings is 1. The number of carbonyl (C=O) groups is 1. The average Bonchev–Trinajstić information content (AvgIpc) is 2.73. The van der Waals surface area contributed by atoms with Crippen LogP contribution in [0.3, 0.4) is 0 Å². The predicted octanol–water partition coefficient (Wildman–Crippen LogP) is 3.24. The van der Waals surface area contributed by atoms with E-state index in [4.69, 9.17) is 9.84 Å². The van der Waals surface area contributed by atoms with E-state index >= 15 is 0 Å². The first-order valence-corrected chi connectivity index (χ1v) is 8.66. The zero-order chi connectivity index (χ0) is 15.4. The van der Waals surface area contributed by atoms with Crippen LogP contribution in [0.5, 0.6) is 0 Å². The Bertz CT molecular complexity index is 642. The average molecular weight is 420 g/mol. The number of hydrogen-bond donors (Lipinski definition) is 1. The highest BCUT2D eigenvalue weighted by Gasteiger charge is 2.13. The molecule has 0 unspecified atom stereocenters. The second-order valence-corrected chi connectivity index (χ2v) is 6.97. The molecule has 1 heterocycles. The maximum absolute atomic E-state index is 10.8. The second kappa shape index (κ2) is 7.46. The van der Waals surface area contributed by atoms with Gasteiger partial charge in [-0.05, 0) is 54.6 Å². The fourth-order valence-corrected chi connectivity index (χ4v) is 3.15.